The van der Waals surface area contributed by atoms with E-state index in [0.717, 1.165) is 84.8 Å². The van der Waals surface area contributed by atoms with Gasteiger partial charge in [-0.05, 0) is 25.7 Å². The number of fused-ring (bicyclic) bond motifs is 2. The third kappa shape index (κ3) is 21.6. The zero-order valence-electron chi connectivity index (χ0n) is 37.1. The lowest BCUT2D eigenvalue weighted by molar-refractivity contribution is -0.141. The molecular weight excluding hydrogens is 721 g/mol. The third-order valence-electron chi connectivity index (χ3n) is 11.8. The quantitative estimate of drug-likeness (QED) is 0.0326. The highest BCUT2D eigenvalue weighted by Gasteiger charge is 2.16. The van der Waals surface area contributed by atoms with Crippen molar-refractivity contribution in [3.8, 4) is 11.5 Å². The van der Waals surface area contributed by atoms with Crippen LogP contribution in [-0.2, 0) is 19.1 Å². The highest BCUT2D eigenvalue weighted by Crippen LogP contribution is 2.43. The van der Waals surface area contributed by atoms with E-state index >= 15 is 0 Å². The number of unbranched alkanes of at least 4 members (excludes halogenated alkanes) is 28. The number of hydrogen-bond acceptors (Lipinski definition) is 6. The van der Waals surface area contributed by atoms with E-state index in [1.165, 1.54) is 168 Å². The molecule has 0 aliphatic carbocycles. The van der Waals surface area contributed by atoms with E-state index in [1.54, 1.807) is 0 Å². The van der Waals surface area contributed by atoms with Crippen LogP contribution < -0.4 is 9.47 Å². The Morgan fingerprint density at radius 2 is 0.534 bits per heavy atom. The molecule has 6 heteroatoms. The Balaban J connectivity index is 1.22. The molecule has 0 unspecified atom stereocenters. The van der Waals surface area contributed by atoms with Crippen LogP contribution in [0.25, 0.3) is 21.5 Å². The Morgan fingerprint density at radius 3 is 0.759 bits per heavy atom. The first kappa shape index (κ1) is 49.1. The zero-order valence-corrected chi connectivity index (χ0v) is 37.1. The van der Waals surface area contributed by atoms with Crippen LogP contribution in [-0.4, -0.2) is 39.4 Å². The summed E-state index contributed by atoms with van der Waals surface area (Å²) in [6, 6.07) is 17.2. The maximum atomic E-state index is 11.2. The smallest absolute Gasteiger partial charge is 0.305 e. The number of benzene rings is 3. The molecule has 6 nitrogen and oxygen atoms in total. The molecule has 58 heavy (non-hydrogen) atoms. The predicted molar refractivity (Wildman–Crippen MR) is 244 cm³/mol. The molecule has 0 fully saturated rings. The summed E-state index contributed by atoms with van der Waals surface area (Å²) in [5.74, 6) is 1.85. The lowest BCUT2D eigenvalue weighted by Gasteiger charge is -2.18. The van der Waals surface area contributed by atoms with E-state index in [2.05, 4.69) is 48.5 Å². The van der Waals surface area contributed by atoms with Crippen LogP contribution >= 0.6 is 0 Å². The molecule has 0 bridgehead atoms. The van der Waals surface area contributed by atoms with Gasteiger partial charge in [-0.15, -0.1) is 0 Å². The average molecular weight is 803 g/mol. The molecule has 0 radical (unpaired) electrons. The second-order valence-corrected chi connectivity index (χ2v) is 16.7. The van der Waals surface area contributed by atoms with Crippen molar-refractivity contribution in [1.29, 1.82) is 0 Å². The molecule has 0 amide bonds. The van der Waals surface area contributed by atoms with Crippen LogP contribution in [0.1, 0.15) is 205 Å². The molecular formula is C52H82O6. The van der Waals surface area contributed by atoms with Gasteiger partial charge in [0, 0.05) is 34.4 Å². The normalized spacial score (nSPS) is 11.3. The highest BCUT2D eigenvalue weighted by molar-refractivity contribution is 6.11. The first-order valence-electron chi connectivity index (χ1n) is 24.0. The minimum absolute atomic E-state index is 0.0781. The summed E-state index contributed by atoms with van der Waals surface area (Å²) in [6.07, 6.45) is 39.3. The molecule has 0 saturated heterocycles. The Labute approximate surface area is 353 Å². The van der Waals surface area contributed by atoms with E-state index in [0.29, 0.717) is 12.8 Å². The van der Waals surface area contributed by atoms with Gasteiger partial charge < -0.3 is 18.9 Å². The number of hydrogen-bond donors (Lipinski definition) is 0. The lowest BCUT2D eigenvalue weighted by Crippen LogP contribution is -2.02. The van der Waals surface area contributed by atoms with Gasteiger partial charge in [0.1, 0.15) is 11.5 Å². The van der Waals surface area contributed by atoms with Crippen LogP contribution in [0.15, 0.2) is 48.5 Å². The van der Waals surface area contributed by atoms with Crippen molar-refractivity contribution in [2.75, 3.05) is 27.4 Å². The molecule has 0 N–H and O–H groups in total. The highest BCUT2D eigenvalue weighted by atomic mass is 16.5. The molecule has 3 aromatic carbocycles. The second kappa shape index (κ2) is 33.5. The monoisotopic (exact) mass is 803 g/mol. The van der Waals surface area contributed by atoms with Gasteiger partial charge >= 0.3 is 11.9 Å². The van der Waals surface area contributed by atoms with Crippen LogP contribution in [0.4, 0.5) is 0 Å². The molecule has 3 aromatic rings. The SMILES string of the molecule is COC(=O)CCCCCCCCCCCCCCCCCOc1c2ccccc2c(OCCCCCCCCCCCCCCCCCC(=O)OC)c2ccccc12. The topological polar surface area (TPSA) is 71.1 Å². The van der Waals surface area contributed by atoms with Gasteiger partial charge in [0.05, 0.1) is 27.4 Å². The molecule has 0 aliphatic rings. The van der Waals surface area contributed by atoms with E-state index in [-0.39, 0.29) is 11.9 Å². The van der Waals surface area contributed by atoms with Crippen molar-refractivity contribution in [2.24, 2.45) is 0 Å². The number of carbonyl (C=O) groups is 2. The van der Waals surface area contributed by atoms with Crippen molar-refractivity contribution in [3.05, 3.63) is 48.5 Å². The van der Waals surface area contributed by atoms with Crippen LogP contribution in [0.3, 0.4) is 0 Å². The average Bonchev–Trinajstić information content (AvgIpc) is 3.25. The first-order valence-corrected chi connectivity index (χ1v) is 24.0. The summed E-state index contributed by atoms with van der Waals surface area (Å²) in [5, 5.41) is 4.61. The second-order valence-electron chi connectivity index (χ2n) is 16.7. The fourth-order valence-electron chi connectivity index (χ4n) is 8.25. The number of esters is 2. The molecule has 0 aliphatic heterocycles. The molecule has 3 rings (SSSR count). The van der Waals surface area contributed by atoms with Gasteiger partial charge in [-0.2, -0.15) is 0 Å². The van der Waals surface area contributed by atoms with E-state index in [1.807, 2.05) is 0 Å². The molecule has 0 spiro atoms. The maximum Gasteiger partial charge on any atom is 0.305 e. The largest absolute Gasteiger partial charge is 0.492 e. The Kier molecular flexibility index (Phi) is 28.4. The standard InChI is InChI=1S/C52H82O6/c1-55-49(53)41-29-25-21-17-13-9-5-3-7-11-15-19-23-27-35-43-57-51-45-37-31-33-39-47(45)52(48-40-34-32-38-46(48)51)58-44-36-28-24-20-16-12-8-4-6-10-14-18-22-26-30-42-50(54)56-2/h31-34,37-40H,3-30,35-36,41-44H2,1-2H3. The van der Waals surface area contributed by atoms with Crippen LogP contribution in [0.5, 0.6) is 11.5 Å². The van der Waals surface area contributed by atoms with Gasteiger partial charge in [-0.3, -0.25) is 9.59 Å². The number of rotatable bonds is 38. The van der Waals surface area contributed by atoms with E-state index < -0.39 is 0 Å². The third-order valence-corrected chi connectivity index (χ3v) is 11.8. The fourth-order valence-corrected chi connectivity index (χ4v) is 8.25. The molecule has 0 saturated carbocycles. The van der Waals surface area contributed by atoms with Crippen LogP contribution in [0.2, 0.25) is 0 Å². The minimum Gasteiger partial charge on any atom is -0.492 e. The van der Waals surface area contributed by atoms with Crippen molar-refractivity contribution in [2.45, 2.75) is 205 Å². The number of ether oxygens (including phenoxy) is 4. The summed E-state index contributed by atoms with van der Waals surface area (Å²) in [4.78, 5) is 22.3. The summed E-state index contributed by atoms with van der Waals surface area (Å²) >= 11 is 0. The van der Waals surface area contributed by atoms with Crippen molar-refractivity contribution < 1.29 is 28.5 Å². The van der Waals surface area contributed by atoms with E-state index in [9.17, 15) is 9.59 Å². The maximum absolute atomic E-state index is 11.2. The lowest BCUT2D eigenvalue weighted by atomic mass is 10.0. The fraction of sp³-hybridized carbons (Fsp3) is 0.692. The summed E-state index contributed by atoms with van der Waals surface area (Å²) in [6.45, 7) is 1.50. The summed E-state index contributed by atoms with van der Waals surface area (Å²) in [5.41, 5.74) is 0. The molecule has 0 heterocycles. The zero-order chi connectivity index (χ0) is 41.1. The minimum atomic E-state index is -0.0781. The van der Waals surface area contributed by atoms with Gasteiger partial charge in [0.25, 0.3) is 0 Å². The van der Waals surface area contributed by atoms with Gasteiger partial charge in [-0.25, -0.2) is 0 Å². The Hall–Kier alpha value is -3.28. The predicted octanol–water partition coefficient (Wildman–Crippen LogP) is 15.6. The summed E-state index contributed by atoms with van der Waals surface area (Å²) in [7, 11) is 2.94. The Bertz CT molecular complexity index is 1320. The molecule has 0 atom stereocenters. The van der Waals surface area contributed by atoms with E-state index in [4.69, 9.17) is 18.9 Å². The van der Waals surface area contributed by atoms with Crippen molar-refractivity contribution in [1.82, 2.24) is 0 Å². The van der Waals surface area contributed by atoms with Gasteiger partial charge in [0.15, 0.2) is 0 Å². The van der Waals surface area contributed by atoms with Crippen LogP contribution in [0, 0.1) is 0 Å². The summed E-state index contributed by atoms with van der Waals surface area (Å²) < 4.78 is 22.6. The van der Waals surface area contributed by atoms with Crippen molar-refractivity contribution >= 4 is 33.5 Å². The van der Waals surface area contributed by atoms with Gasteiger partial charge in [0.2, 0.25) is 0 Å². The van der Waals surface area contributed by atoms with Gasteiger partial charge in [-0.1, -0.05) is 215 Å². The molecule has 0 aromatic heterocycles. The Morgan fingerprint density at radius 1 is 0.328 bits per heavy atom. The first-order chi connectivity index (χ1) is 28.7. The number of carbonyl (C=O) groups excluding carboxylic acids is 2. The molecule has 326 valence electrons. The van der Waals surface area contributed by atoms with Crippen molar-refractivity contribution in [3.63, 3.8) is 0 Å². The number of methoxy groups -OCH3 is 2.